The summed E-state index contributed by atoms with van der Waals surface area (Å²) in [5.74, 6) is 0.0863. The van der Waals surface area contributed by atoms with E-state index in [1.807, 2.05) is 0 Å². The van der Waals surface area contributed by atoms with Crippen LogP contribution in [0.15, 0.2) is 39.9 Å². The van der Waals surface area contributed by atoms with Crippen molar-refractivity contribution in [1.82, 2.24) is 14.5 Å². The number of aryl methyl sites for hydroxylation is 1. The van der Waals surface area contributed by atoms with E-state index in [1.165, 1.54) is 17.7 Å². The van der Waals surface area contributed by atoms with Crippen LogP contribution in [0.2, 0.25) is 0 Å². The quantitative estimate of drug-likeness (QED) is 0.663. The van der Waals surface area contributed by atoms with Crippen molar-refractivity contribution in [2.24, 2.45) is 0 Å². The highest BCUT2D eigenvalue weighted by Gasteiger charge is 2.21. The maximum absolute atomic E-state index is 12.9. The minimum atomic E-state index is -0.586. The SMILES string of the molecule is COc1ccccc1NC(=O)c1cc2c(=O)[nH]c(=O)n(CC3CCCO3)c2nc1C. The highest BCUT2D eigenvalue weighted by Crippen LogP contribution is 2.24. The molecule has 3 aromatic rings. The fourth-order valence-corrected chi connectivity index (χ4v) is 3.62. The number of amides is 1. The molecular formula is C21H22N4O5. The van der Waals surface area contributed by atoms with Crippen LogP contribution in [0.4, 0.5) is 5.69 Å². The number of carbonyl (C=O) groups is 1. The number of ether oxygens (including phenoxy) is 2. The second-order valence-corrected chi connectivity index (χ2v) is 7.15. The molecular weight excluding hydrogens is 388 g/mol. The summed E-state index contributed by atoms with van der Waals surface area (Å²) in [5, 5.41) is 2.95. The van der Waals surface area contributed by atoms with E-state index in [2.05, 4.69) is 15.3 Å². The number of rotatable bonds is 5. The normalized spacial score (nSPS) is 16.0. The first kappa shape index (κ1) is 19.8. The first-order valence-corrected chi connectivity index (χ1v) is 9.68. The van der Waals surface area contributed by atoms with Crippen LogP contribution in [0, 0.1) is 6.92 Å². The van der Waals surface area contributed by atoms with Gasteiger partial charge in [-0.05, 0) is 38.0 Å². The summed E-state index contributed by atoms with van der Waals surface area (Å²) >= 11 is 0. The number of pyridine rings is 1. The van der Waals surface area contributed by atoms with E-state index in [9.17, 15) is 14.4 Å². The number of aromatic nitrogens is 3. The van der Waals surface area contributed by atoms with E-state index in [-0.39, 0.29) is 22.7 Å². The zero-order valence-electron chi connectivity index (χ0n) is 16.7. The van der Waals surface area contributed by atoms with Crippen molar-refractivity contribution < 1.29 is 14.3 Å². The second kappa shape index (κ2) is 8.11. The van der Waals surface area contributed by atoms with Crippen molar-refractivity contribution >= 4 is 22.6 Å². The Labute approximate surface area is 171 Å². The third-order valence-electron chi connectivity index (χ3n) is 5.17. The van der Waals surface area contributed by atoms with Crippen molar-refractivity contribution in [1.29, 1.82) is 0 Å². The van der Waals surface area contributed by atoms with Crippen LogP contribution >= 0.6 is 0 Å². The Hall–Kier alpha value is -3.46. The lowest BCUT2D eigenvalue weighted by atomic mass is 10.1. The lowest BCUT2D eigenvalue weighted by Gasteiger charge is -2.15. The van der Waals surface area contributed by atoms with Gasteiger partial charge >= 0.3 is 5.69 Å². The number of anilines is 1. The summed E-state index contributed by atoms with van der Waals surface area (Å²) in [4.78, 5) is 44.5. The molecule has 1 saturated heterocycles. The van der Waals surface area contributed by atoms with Gasteiger partial charge in [-0.2, -0.15) is 0 Å². The summed E-state index contributed by atoms with van der Waals surface area (Å²) in [6.45, 7) is 2.62. The van der Waals surface area contributed by atoms with E-state index in [0.29, 0.717) is 30.3 Å². The van der Waals surface area contributed by atoms with E-state index >= 15 is 0 Å². The smallest absolute Gasteiger partial charge is 0.330 e. The number of nitrogens with one attached hydrogen (secondary N) is 2. The Morgan fingerprint density at radius 3 is 2.90 bits per heavy atom. The number of hydrogen-bond acceptors (Lipinski definition) is 6. The van der Waals surface area contributed by atoms with E-state index in [1.54, 1.807) is 31.2 Å². The third kappa shape index (κ3) is 3.71. The van der Waals surface area contributed by atoms with Gasteiger partial charge in [0.25, 0.3) is 11.5 Å². The molecule has 0 spiro atoms. The van der Waals surface area contributed by atoms with Crippen LogP contribution in [-0.4, -0.2) is 40.3 Å². The average molecular weight is 410 g/mol. The zero-order chi connectivity index (χ0) is 21.3. The number of hydrogen-bond donors (Lipinski definition) is 2. The molecule has 0 saturated carbocycles. The average Bonchev–Trinajstić information content (AvgIpc) is 3.24. The molecule has 30 heavy (non-hydrogen) atoms. The van der Waals surface area contributed by atoms with Crippen LogP contribution in [-0.2, 0) is 11.3 Å². The summed E-state index contributed by atoms with van der Waals surface area (Å²) < 4.78 is 12.3. The van der Waals surface area contributed by atoms with Crippen LogP contribution in [0.25, 0.3) is 11.0 Å². The largest absolute Gasteiger partial charge is 0.495 e. The van der Waals surface area contributed by atoms with Gasteiger partial charge in [0.1, 0.15) is 11.4 Å². The first-order chi connectivity index (χ1) is 14.5. The number of nitrogens with zero attached hydrogens (tertiary/aromatic N) is 2. The number of carbonyl (C=O) groups excluding carboxylic acids is 1. The Bertz CT molecular complexity index is 1220. The van der Waals surface area contributed by atoms with Gasteiger partial charge in [-0.3, -0.25) is 19.1 Å². The summed E-state index contributed by atoms with van der Waals surface area (Å²) in [7, 11) is 1.51. The van der Waals surface area contributed by atoms with Gasteiger partial charge in [0.05, 0.1) is 42.1 Å². The van der Waals surface area contributed by atoms with Gasteiger partial charge in [0.2, 0.25) is 0 Å². The summed E-state index contributed by atoms with van der Waals surface area (Å²) in [6.07, 6.45) is 1.67. The Morgan fingerprint density at radius 1 is 1.37 bits per heavy atom. The topological polar surface area (TPSA) is 115 Å². The Morgan fingerprint density at radius 2 is 2.17 bits per heavy atom. The molecule has 1 atom stereocenters. The first-order valence-electron chi connectivity index (χ1n) is 9.68. The molecule has 1 aliphatic rings. The molecule has 1 amide bonds. The lowest BCUT2D eigenvalue weighted by Crippen LogP contribution is -2.34. The molecule has 2 N–H and O–H groups in total. The van der Waals surface area contributed by atoms with Gasteiger partial charge in [-0.15, -0.1) is 0 Å². The minimum Gasteiger partial charge on any atom is -0.495 e. The highest BCUT2D eigenvalue weighted by molar-refractivity contribution is 6.07. The molecule has 1 aliphatic heterocycles. The third-order valence-corrected chi connectivity index (χ3v) is 5.17. The number of aromatic amines is 1. The standard InChI is InChI=1S/C21H22N4O5/c1-12-14(19(26)23-16-7-3-4-8-17(16)29-2)10-15-18(22-12)25(21(28)24-20(15)27)11-13-6-5-9-30-13/h3-4,7-8,10,13H,5-6,9,11H2,1-2H3,(H,23,26)(H,24,27,28). The van der Waals surface area contributed by atoms with Crippen LogP contribution in [0.3, 0.4) is 0 Å². The van der Waals surface area contributed by atoms with E-state index in [0.717, 1.165) is 12.8 Å². The molecule has 1 fully saturated rings. The highest BCUT2D eigenvalue weighted by atomic mass is 16.5. The molecule has 2 aromatic heterocycles. The predicted molar refractivity (Wildman–Crippen MR) is 111 cm³/mol. The fourth-order valence-electron chi connectivity index (χ4n) is 3.62. The molecule has 0 radical (unpaired) electrons. The zero-order valence-corrected chi connectivity index (χ0v) is 16.7. The predicted octanol–water partition coefficient (Wildman–Crippen LogP) is 1.83. The molecule has 0 bridgehead atoms. The van der Waals surface area contributed by atoms with Crippen LogP contribution in [0.5, 0.6) is 5.75 Å². The number of fused-ring (bicyclic) bond motifs is 1. The maximum atomic E-state index is 12.9. The van der Waals surface area contributed by atoms with Crippen molar-refractivity contribution in [3.63, 3.8) is 0 Å². The Balaban J connectivity index is 1.75. The van der Waals surface area contributed by atoms with Crippen molar-refractivity contribution in [2.45, 2.75) is 32.4 Å². The molecule has 156 valence electrons. The van der Waals surface area contributed by atoms with Gasteiger partial charge in [-0.1, -0.05) is 12.1 Å². The van der Waals surface area contributed by atoms with Gasteiger partial charge in [-0.25, -0.2) is 9.78 Å². The molecule has 3 heterocycles. The number of methoxy groups -OCH3 is 1. The Kier molecular flexibility index (Phi) is 5.37. The fraction of sp³-hybridized carbons (Fsp3) is 0.333. The lowest BCUT2D eigenvalue weighted by molar-refractivity contribution is 0.0967. The minimum absolute atomic E-state index is 0.104. The van der Waals surface area contributed by atoms with Crippen LogP contribution < -0.4 is 21.3 Å². The second-order valence-electron chi connectivity index (χ2n) is 7.15. The van der Waals surface area contributed by atoms with Crippen molar-refractivity contribution in [3.05, 3.63) is 62.4 Å². The maximum Gasteiger partial charge on any atom is 0.330 e. The molecule has 1 aromatic carbocycles. The molecule has 9 heteroatoms. The molecule has 1 unspecified atom stereocenters. The van der Waals surface area contributed by atoms with Crippen LogP contribution in [0.1, 0.15) is 28.9 Å². The van der Waals surface area contributed by atoms with E-state index < -0.39 is 17.2 Å². The van der Waals surface area contributed by atoms with Gasteiger partial charge in [0.15, 0.2) is 0 Å². The van der Waals surface area contributed by atoms with Crippen molar-refractivity contribution in [3.8, 4) is 5.75 Å². The number of para-hydroxylation sites is 2. The van der Waals surface area contributed by atoms with Gasteiger partial charge in [0, 0.05) is 6.61 Å². The number of benzene rings is 1. The molecule has 4 rings (SSSR count). The molecule has 0 aliphatic carbocycles. The van der Waals surface area contributed by atoms with Gasteiger partial charge < -0.3 is 14.8 Å². The summed E-state index contributed by atoms with van der Waals surface area (Å²) in [6, 6.07) is 8.48. The van der Waals surface area contributed by atoms with Crippen molar-refractivity contribution in [2.75, 3.05) is 19.0 Å². The number of H-pyrrole nitrogens is 1. The summed E-state index contributed by atoms with van der Waals surface area (Å²) in [5.41, 5.74) is 0.258. The monoisotopic (exact) mass is 410 g/mol. The van der Waals surface area contributed by atoms with E-state index in [4.69, 9.17) is 9.47 Å². The molecule has 9 nitrogen and oxygen atoms in total.